The summed E-state index contributed by atoms with van der Waals surface area (Å²) in [6, 6.07) is 15.0. The summed E-state index contributed by atoms with van der Waals surface area (Å²) >= 11 is 0. The SMILES string of the molecule is COc1ccc(N(C(C)c2cc(OC)ccc2OC)S(=O)(=O)c2ccc(C)c(F)c2)cc1. The molecule has 0 N–H and O–H groups in total. The lowest BCUT2D eigenvalue weighted by molar-refractivity contribution is 0.396. The maximum Gasteiger partial charge on any atom is 0.264 e. The largest absolute Gasteiger partial charge is 0.497 e. The zero-order valence-corrected chi connectivity index (χ0v) is 19.4. The molecule has 0 fully saturated rings. The van der Waals surface area contributed by atoms with Gasteiger partial charge in [0.05, 0.1) is 38.0 Å². The second-order valence-electron chi connectivity index (χ2n) is 7.19. The zero-order valence-electron chi connectivity index (χ0n) is 18.6. The molecule has 0 heterocycles. The van der Waals surface area contributed by atoms with Crippen LogP contribution in [0.25, 0.3) is 0 Å². The van der Waals surface area contributed by atoms with Crippen LogP contribution in [0.15, 0.2) is 65.6 Å². The molecule has 3 aromatic rings. The van der Waals surface area contributed by atoms with Crippen molar-refractivity contribution < 1.29 is 27.0 Å². The Bertz CT molecular complexity index is 1200. The van der Waals surface area contributed by atoms with E-state index in [1.807, 2.05) is 0 Å². The maximum absolute atomic E-state index is 14.3. The Balaban J connectivity index is 2.22. The van der Waals surface area contributed by atoms with E-state index >= 15 is 0 Å². The predicted octanol–water partition coefficient (Wildman–Crippen LogP) is 5.12. The monoisotopic (exact) mass is 459 g/mol. The Labute approximate surface area is 188 Å². The van der Waals surface area contributed by atoms with Gasteiger partial charge in [-0.15, -0.1) is 0 Å². The Morgan fingerprint density at radius 3 is 2.03 bits per heavy atom. The highest BCUT2D eigenvalue weighted by atomic mass is 32.2. The van der Waals surface area contributed by atoms with E-state index in [0.717, 1.165) is 6.07 Å². The van der Waals surface area contributed by atoms with Crippen molar-refractivity contribution >= 4 is 15.7 Å². The Morgan fingerprint density at radius 2 is 1.47 bits per heavy atom. The molecule has 0 aromatic heterocycles. The van der Waals surface area contributed by atoms with Gasteiger partial charge in [0.25, 0.3) is 10.0 Å². The lowest BCUT2D eigenvalue weighted by Crippen LogP contribution is -2.34. The minimum absolute atomic E-state index is 0.148. The Morgan fingerprint density at radius 1 is 0.844 bits per heavy atom. The lowest BCUT2D eigenvalue weighted by Gasteiger charge is -2.32. The van der Waals surface area contributed by atoms with E-state index in [9.17, 15) is 12.8 Å². The van der Waals surface area contributed by atoms with E-state index in [2.05, 4.69) is 0 Å². The molecule has 0 aliphatic heterocycles. The van der Waals surface area contributed by atoms with Crippen LogP contribution in [0.5, 0.6) is 17.2 Å². The fourth-order valence-electron chi connectivity index (χ4n) is 3.44. The van der Waals surface area contributed by atoms with Crippen molar-refractivity contribution in [1.29, 1.82) is 0 Å². The van der Waals surface area contributed by atoms with E-state index in [-0.39, 0.29) is 4.90 Å². The van der Waals surface area contributed by atoms with Crippen LogP contribution in [0.4, 0.5) is 10.1 Å². The summed E-state index contributed by atoms with van der Waals surface area (Å²) < 4.78 is 59.1. The van der Waals surface area contributed by atoms with Crippen molar-refractivity contribution in [1.82, 2.24) is 0 Å². The quantitative estimate of drug-likeness (QED) is 0.468. The van der Waals surface area contributed by atoms with Crippen LogP contribution in [-0.4, -0.2) is 29.7 Å². The van der Waals surface area contributed by atoms with Crippen LogP contribution in [0.3, 0.4) is 0 Å². The number of halogens is 1. The molecule has 1 atom stereocenters. The highest BCUT2D eigenvalue weighted by Crippen LogP contribution is 2.39. The van der Waals surface area contributed by atoms with Gasteiger partial charge in [0, 0.05) is 5.56 Å². The van der Waals surface area contributed by atoms with Gasteiger partial charge in [0.2, 0.25) is 0 Å². The van der Waals surface area contributed by atoms with Crippen LogP contribution >= 0.6 is 0 Å². The number of nitrogens with zero attached hydrogens (tertiary/aromatic N) is 1. The van der Waals surface area contributed by atoms with Gasteiger partial charge in [-0.3, -0.25) is 4.31 Å². The first kappa shape index (κ1) is 23.4. The van der Waals surface area contributed by atoms with Crippen molar-refractivity contribution in [2.45, 2.75) is 24.8 Å². The fraction of sp³-hybridized carbons (Fsp3) is 0.250. The smallest absolute Gasteiger partial charge is 0.264 e. The van der Waals surface area contributed by atoms with Gasteiger partial charge in [-0.1, -0.05) is 6.07 Å². The van der Waals surface area contributed by atoms with Crippen LogP contribution < -0.4 is 18.5 Å². The molecule has 0 radical (unpaired) electrons. The fourth-order valence-corrected chi connectivity index (χ4v) is 5.09. The van der Waals surface area contributed by atoms with Gasteiger partial charge in [-0.05, 0) is 74.0 Å². The van der Waals surface area contributed by atoms with Crippen molar-refractivity contribution in [2.24, 2.45) is 0 Å². The van der Waals surface area contributed by atoms with Gasteiger partial charge in [-0.25, -0.2) is 12.8 Å². The molecule has 0 aliphatic carbocycles. The van der Waals surface area contributed by atoms with Crippen LogP contribution in [-0.2, 0) is 10.0 Å². The third kappa shape index (κ3) is 4.50. The number of rotatable bonds is 8. The maximum atomic E-state index is 14.3. The normalized spacial score (nSPS) is 12.2. The second kappa shape index (κ2) is 9.48. The number of ether oxygens (including phenoxy) is 3. The topological polar surface area (TPSA) is 65.1 Å². The van der Waals surface area contributed by atoms with Crippen molar-refractivity contribution in [3.05, 3.63) is 77.6 Å². The number of benzene rings is 3. The average Bonchev–Trinajstić information content (AvgIpc) is 2.80. The minimum atomic E-state index is -4.15. The van der Waals surface area contributed by atoms with Crippen LogP contribution in [0.1, 0.15) is 24.1 Å². The molecular formula is C24H26FNO5S. The molecule has 3 rings (SSSR count). The molecule has 32 heavy (non-hydrogen) atoms. The summed E-state index contributed by atoms with van der Waals surface area (Å²) in [5.41, 5.74) is 1.35. The van der Waals surface area contributed by atoms with E-state index in [0.29, 0.717) is 34.1 Å². The van der Waals surface area contributed by atoms with Gasteiger partial charge < -0.3 is 14.2 Å². The Hall–Kier alpha value is -3.26. The lowest BCUT2D eigenvalue weighted by atomic mass is 10.1. The second-order valence-corrected chi connectivity index (χ2v) is 9.01. The third-order valence-electron chi connectivity index (χ3n) is 5.27. The van der Waals surface area contributed by atoms with Crippen LogP contribution in [0.2, 0.25) is 0 Å². The first-order valence-corrected chi connectivity index (χ1v) is 11.3. The predicted molar refractivity (Wildman–Crippen MR) is 122 cm³/mol. The average molecular weight is 460 g/mol. The highest BCUT2D eigenvalue weighted by Gasteiger charge is 2.32. The summed E-state index contributed by atoms with van der Waals surface area (Å²) in [7, 11) is 0.426. The molecule has 0 spiro atoms. The minimum Gasteiger partial charge on any atom is -0.497 e. The number of anilines is 1. The summed E-state index contributed by atoms with van der Waals surface area (Å²) in [6.45, 7) is 3.32. The van der Waals surface area contributed by atoms with E-state index in [4.69, 9.17) is 14.2 Å². The molecule has 1 unspecified atom stereocenters. The van der Waals surface area contributed by atoms with Gasteiger partial charge in [0.1, 0.15) is 23.1 Å². The van der Waals surface area contributed by atoms with Gasteiger partial charge in [0.15, 0.2) is 0 Å². The number of sulfonamides is 1. The van der Waals surface area contributed by atoms with Gasteiger partial charge in [-0.2, -0.15) is 0 Å². The zero-order chi connectivity index (χ0) is 23.5. The molecule has 8 heteroatoms. The molecule has 0 saturated carbocycles. The molecule has 0 saturated heterocycles. The third-order valence-corrected chi connectivity index (χ3v) is 7.16. The molecule has 6 nitrogen and oxygen atoms in total. The summed E-state index contributed by atoms with van der Waals surface area (Å²) in [4.78, 5) is -0.148. The number of hydrogen-bond acceptors (Lipinski definition) is 5. The van der Waals surface area contributed by atoms with Crippen molar-refractivity contribution in [3.8, 4) is 17.2 Å². The molecule has 0 amide bonds. The molecule has 0 aliphatic rings. The summed E-state index contributed by atoms with van der Waals surface area (Å²) in [6.07, 6.45) is 0. The van der Waals surface area contributed by atoms with Crippen molar-refractivity contribution in [3.63, 3.8) is 0 Å². The number of aryl methyl sites for hydroxylation is 1. The first-order valence-electron chi connectivity index (χ1n) is 9.89. The Kier molecular flexibility index (Phi) is 6.93. The molecule has 3 aromatic carbocycles. The standard InChI is InChI=1S/C24H26FNO5S/c1-16-6-12-21(15-23(16)25)32(27,28)26(18-7-9-19(29-3)10-8-18)17(2)22-14-20(30-4)11-13-24(22)31-5/h6-15,17H,1-5H3. The van der Waals surface area contributed by atoms with Gasteiger partial charge >= 0.3 is 0 Å². The van der Waals surface area contributed by atoms with E-state index in [1.165, 1.54) is 37.8 Å². The summed E-state index contributed by atoms with van der Waals surface area (Å²) in [5, 5.41) is 0. The number of hydrogen-bond donors (Lipinski definition) is 0. The summed E-state index contributed by atoms with van der Waals surface area (Å²) in [5.74, 6) is 1.05. The number of methoxy groups -OCH3 is 3. The van der Waals surface area contributed by atoms with Crippen molar-refractivity contribution in [2.75, 3.05) is 25.6 Å². The van der Waals surface area contributed by atoms with E-state index in [1.54, 1.807) is 56.3 Å². The molecular weight excluding hydrogens is 433 g/mol. The highest BCUT2D eigenvalue weighted by molar-refractivity contribution is 7.92. The molecule has 170 valence electrons. The van der Waals surface area contributed by atoms with E-state index < -0.39 is 21.9 Å². The molecule has 0 bridgehead atoms. The van der Waals surface area contributed by atoms with Crippen LogP contribution in [0, 0.1) is 12.7 Å². The first-order chi connectivity index (χ1) is 15.2.